The summed E-state index contributed by atoms with van der Waals surface area (Å²) in [5.41, 5.74) is 0.194. The maximum Gasteiger partial charge on any atom is 0.489 e. The number of hydrogen-bond acceptors (Lipinski definition) is 2. The van der Waals surface area contributed by atoms with Crippen LogP contribution in [-0.2, 0) is 0 Å². The van der Waals surface area contributed by atoms with E-state index in [2.05, 4.69) is 5.11 Å². The third kappa shape index (κ3) is 2.05. The first kappa shape index (κ1) is 8.19. The molecule has 1 rings (SSSR count). The Morgan fingerprint density at radius 3 is 2.50 bits per heavy atom. The minimum atomic E-state index is -1.51. The molecule has 1 N–H and O–H groups in total. The molecule has 0 saturated heterocycles. The first-order valence-corrected chi connectivity index (χ1v) is 3.17. The summed E-state index contributed by atoms with van der Waals surface area (Å²) in [6.45, 7) is 0. The second-order valence-corrected chi connectivity index (χ2v) is 1.99. The fourth-order valence-electron chi connectivity index (χ4n) is 0.691. The Hall–Kier alpha value is -1.91. The molecule has 0 aliphatic carbocycles. The molecule has 0 saturated carbocycles. The van der Waals surface area contributed by atoms with Gasteiger partial charge in [0.15, 0.2) is 0 Å². The Labute approximate surface area is 68.2 Å². The highest BCUT2D eigenvalue weighted by molar-refractivity contribution is 5.64. The number of benzene rings is 1. The summed E-state index contributed by atoms with van der Waals surface area (Å²) in [7, 11) is 0. The van der Waals surface area contributed by atoms with Crippen LogP contribution in [0.25, 0.3) is 0 Å². The predicted molar refractivity (Wildman–Crippen MR) is 40.2 cm³/mol. The maximum absolute atomic E-state index is 10.8. The van der Waals surface area contributed by atoms with E-state index in [1.165, 1.54) is 12.1 Å². The summed E-state index contributed by atoms with van der Waals surface area (Å²) in [5.74, 6) is 0. The molecule has 5 heteroatoms. The molecular formula is C7H6N2O3. The monoisotopic (exact) mass is 166 g/mol. The number of carboxylic acid groups (broad SMARTS) is 1. The van der Waals surface area contributed by atoms with Crippen LogP contribution in [0.2, 0.25) is 0 Å². The molecule has 0 unspecified atom stereocenters. The van der Waals surface area contributed by atoms with E-state index < -0.39 is 6.09 Å². The lowest BCUT2D eigenvalue weighted by molar-refractivity contribution is -0.435. The van der Waals surface area contributed by atoms with E-state index >= 15 is 0 Å². The zero-order valence-corrected chi connectivity index (χ0v) is 6.04. The average molecular weight is 166 g/mol. The van der Waals surface area contributed by atoms with Gasteiger partial charge in [0.2, 0.25) is 5.69 Å². The molecule has 0 spiro atoms. The van der Waals surface area contributed by atoms with Gasteiger partial charge in [0, 0.05) is 12.1 Å². The minimum Gasteiger partial charge on any atom is -0.594 e. The molecule has 1 aromatic rings. The van der Waals surface area contributed by atoms with Crippen molar-refractivity contribution >= 4 is 11.8 Å². The molecule has 0 fully saturated rings. The van der Waals surface area contributed by atoms with E-state index in [1.807, 2.05) is 0 Å². The second-order valence-electron chi connectivity index (χ2n) is 1.99. The molecule has 0 aliphatic rings. The molecule has 62 valence electrons. The predicted octanol–water partition coefficient (Wildman–Crippen LogP) is 1.96. The SMILES string of the molecule is O=C(O)/N=[N+](\[O-])c1ccccc1. The lowest BCUT2D eigenvalue weighted by Crippen LogP contribution is -1.96. The Morgan fingerprint density at radius 2 is 2.00 bits per heavy atom. The fourth-order valence-corrected chi connectivity index (χ4v) is 0.691. The van der Waals surface area contributed by atoms with Gasteiger partial charge in [0.1, 0.15) is 0 Å². The van der Waals surface area contributed by atoms with E-state index in [-0.39, 0.29) is 10.5 Å². The van der Waals surface area contributed by atoms with Crippen LogP contribution in [0.3, 0.4) is 0 Å². The normalized spacial score (nSPS) is 11.2. The molecule has 0 aromatic heterocycles. The molecule has 0 bridgehead atoms. The van der Waals surface area contributed by atoms with Crippen LogP contribution in [-0.4, -0.2) is 16.1 Å². The lowest BCUT2D eigenvalue weighted by atomic mass is 10.3. The van der Waals surface area contributed by atoms with E-state index in [9.17, 15) is 10.0 Å². The Morgan fingerprint density at radius 1 is 1.42 bits per heavy atom. The number of azo groups is 1. The fraction of sp³-hybridized carbons (Fsp3) is 0. The summed E-state index contributed by atoms with van der Waals surface area (Å²) in [6, 6.07) is 7.91. The van der Waals surface area contributed by atoms with Crippen LogP contribution in [0.4, 0.5) is 10.5 Å². The van der Waals surface area contributed by atoms with Crippen molar-refractivity contribution in [2.24, 2.45) is 5.11 Å². The van der Waals surface area contributed by atoms with Gasteiger partial charge in [0.25, 0.3) is 0 Å². The van der Waals surface area contributed by atoms with Crippen molar-refractivity contribution < 1.29 is 14.8 Å². The van der Waals surface area contributed by atoms with Crippen molar-refractivity contribution in [3.63, 3.8) is 0 Å². The quantitative estimate of drug-likeness (QED) is 0.393. The Kier molecular flexibility index (Phi) is 2.37. The van der Waals surface area contributed by atoms with Crippen LogP contribution in [0.1, 0.15) is 0 Å². The van der Waals surface area contributed by atoms with Crippen LogP contribution in [0, 0.1) is 5.21 Å². The van der Waals surface area contributed by atoms with Crippen molar-refractivity contribution in [1.29, 1.82) is 0 Å². The third-order valence-electron chi connectivity index (χ3n) is 1.15. The van der Waals surface area contributed by atoms with Crippen molar-refractivity contribution in [3.8, 4) is 0 Å². The molecule has 5 nitrogen and oxygen atoms in total. The van der Waals surface area contributed by atoms with Crippen molar-refractivity contribution in [2.75, 3.05) is 0 Å². The maximum atomic E-state index is 10.8. The van der Waals surface area contributed by atoms with Gasteiger partial charge in [-0.25, -0.2) is 4.79 Å². The van der Waals surface area contributed by atoms with E-state index in [0.29, 0.717) is 0 Å². The van der Waals surface area contributed by atoms with Gasteiger partial charge in [-0.3, -0.25) is 0 Å². The van der Waals surface area contributed by atoms with Gasteiger partial charge in [0.05, 0.1) is 5.11 Å². The van der Waals surface area contributed by atoms with Crippen LogP contribution in [0.5, 0.6) is 0 Å². The van der Waals surface area contributed by atoms with Gasteiger partial charge >= 0.3 is 6.09 Å². The number of hydrogen-bond donors (Lipinski definition) is 1. The average Bonchev–Trinajstić information content (AvgIpc) is 2.05. The topological polar surface area (TPSA) is 75.7 Å². The zero-order valence-electron chi connectivity index (χ0n) is 6.04. The highest BCUT2D eigenvalue weighted by Crippen LogP contribution is 2.09. The first-order valence-electron chi connectivity index (χ1n) is 3.17. The highest BCUT2D eigenvalue weighted by atomic mass is 16.5. The molecule has 0 heterocycles. The number of nitrogens with zero attached hydrogens (tertiary/aromatic N) is 2. The number of carbonyl (C=O) groups is 1. The van der Waals surface area contributed by atoms with Crippen LogP contribution >= 0.6 is 0 Å². The van der Waals surface area contributed by atoms with E-state index in [4.69, 9.17) is 5.11 Å². The van der Waals surface area contributed by atoms with Gasteiger partial charge in [-0.2, -0.15) is 0 Å². The van der Waals surface area contributed by atoms with Crippen molar-refractivity contribution in [1.82, 2.24) is 0 Å². The Balaban J connectivity index is 2.93. The van der Waals surface area contributed by atoms with Gasteiger partial charge < -0.3 is 10.3 Å². The molecule has 0 radical (unpaired) electrons. The molecule has 12 heavy (non-hydrogen) atoms. The second kappa shape index (κ2) is 3.47. The van der Waals surface area contributed by atoms with Gasteiger partial charge in [-0.15, -0.1) is 0 Å². The van der Waals surface area contributed by atoms with Crippen molar-refractivity contribution in [3.05, 3.63) is 35.5 Å². The summed E-state index contributed by atoms with van der Waals surface area (Å²) in [6.07, 6.45) is -1.51. The molecule has 1 amide bonds. The van der Waals surface area contributed by atoms with Gasteiger partial charge in [-0.1, -0.05) is 18.2 Å². The molecule has 0 atom stereocenters. The first-order chi connectivity index (χ1) is 5.70. The number of rotatable bonds is 1. The van der Waals surface area contributed by atoms with E-state index in [1.54, 1.807) is 18.2 Å². The third-order valence-corrected chi connectivity index (χ3v) is 1.15. The van der Waals surface area contributed by atoms with E-state index in [0.717, 1.165) is 0 Å². The number of para-hydroxylation sites is 1. The van der Waals surface area contributed by atoms with Crippen LogP contribution in [0.15, 0.2) is 35.4 Å². The highest BCUT2D eigenvalue weighted by Gasteiger charge is 2.03. The van der Waals surface area contributed by atoms with Crippen LogP contribution < -0.4 is 0 Å². The molecule has 0 aliphatic heterocycles. The summed E-state index contributed by atoms with van der Waals surface area (Å²) >= 11 is 0. The minimum absolute atomic E-state index is 0.0579. The molecular weight excluding hydrogens is 160 g/mol. The van der Waals surface area contributed by atoms with Gasteiger partial charge in [-0.05, 0) is 4.86 Å². The number of amides is 1. The summed E-state index contributed by atoms with van der Waals surface area (Å²) < 4.78 is 0. The smallest absolute Gasteiger partial charge is 0.489 e. The molecule has 1 aromatic carbocycles. The lowest BCUT2D eigenvalue weighted by Gasteiger charge is -1.95. The standard InChI is InChI=1S/C7H6N2O3/c10-7(11)8-9(12)6-4-2-1-3-5-6/h1-5H,(H,10,11)/b9-8-. The Bertz CT molecular complexity index is 308. The summed E-state index contributed by atoms with van der Waals surface area (Å²) in [5, 5.41) is 21.7. The largest absolute Gasteiger partial charge is 0.594 e. The van der Waals surface area contributed by atoms with Crippen molar-refractivity contribution in [2.45, 2.75) is 0 Å². The summed E-state index contributed by atoms with van der Waals surface area (Å²) in [4.78, 5) is 10.0. The zero-order chi connectivity index (χ0) is 8.97.